The maximum Gasteiger partial charge on any atom is 0.161 e. The van der Waals surface area contributed by atoms with Crippen molar-refractivity contribution in [3.05, 3.63) is 0 Å². The molecule has 0 bridgehead atoms. The van der Waals surface area contributed by atoms with Crippen LogP contribution < -0.4 is 0 Å². The lowest BCUT2D eigenvalue weighted by atomic mass is 10.0. The van der Waals surface area contributed by atoms with Gasteiger partial charge in [-0.1, -0.05) is 26.7 Å². The first-order valence-corrected chi connectivity index (χ1v) is 6.57. The standard InChI is InChI=1S/C13H22FN3/c1-9(2)12-8-11(14)13(17(12)15-3)16-7-6-10-4-5-10/h9-12H,3-8H2,1-2H3/b16-13-. The SMILES string of the molecule is C=NN1/C(=N\CCC2CC2)C(F)CC1C(C)C. The topological polar surface area (TPSA) is 28.0 Å². The number of hydrogen-bond donors (Lipinski definition) is 0. The van der Waals surface area contributed by atoms with Gasteiger partial charge < -0.3 is 0 Å². The molecule has 1 saturated carbocycles. The number of nitrogens with zero attached hydrogens (tertiary/aromatic N) is 3. The summed E-state index contributed by atoms with van der Waals surface area (Å²) in [5.74, 6) is 1.71. The molecular formula is C13H22FN3. The average molecular weight is 239 g/mol. The maximum atomic E-state index is 13.9. The van der Waals surface area contributed by atoms with Crippen LogP contribution in [-0.2, 0) is 0 Å². The Morgan fingerprint density at radius 2 is 2.18 bits per heavy atom. The highest BCUT2D eigenvalue weighted by atomic mass is 19.1. The zero-order valence-corrected chi connectivity index (χ0v) is 10.8. The molecule has 1 saturated heterocycles. The van der Waals surface area contributed by atoms with Crippen LogP contribution in [0.1, 0.15) is 39.5 Å². The van der Waals surface area contributed by atoms with Crippen molar-refractivity contribution in [2.24, 2.45) is 21.9 Å². The molecule has 3 nitrogen and oxygen atoms in total. The Morgan fingerprint density at radius 1 is 1.47 bits per heavy atom. The average Bonchev–Trinajstić information content (AvgIpc) is 3.04. The number of hydrazone groups is 1. The van der Waals surface area contributed by atoms with Gasteiger partial charge >= 0.3 is 0 Å². The van der Waals surface area contributed by atoms with E-state index < -0.39 is 6.17 Å². The zero-order valence-electron chi connectivity index (χ0n) is 10.8. The molecule has 1 heterocycles. The Bertz CT molecular complexity index is 310. The molecule has 0 amide bonds. The molecule has 1 aliphatic carbocycles. The third-order valence-electron chi connectivity index (χ3n) is 3.71. The molecule has 0 aromatic rings. The first-order valence-electron chi connectivity index (χ1n) is 6.57. The maximum absolute atomic E-state index is 13.9. The zero-order chi connectivity index (χ0) is 12.4. The van der Waals surface area contributed by atoms with Gasteiger partial charge in [-0.05, 0) is 18.3 Å². The number of hydrogen-bond acceptors (Lipinski definition) is 2. The fourth-order valence-electron chi connectivity index (χ4n) is 2.40. The van der Waals surface area contributed by atoms with Gasteiger partial charge in [-0.2, -0.15) is 5.10 Å². The molecule has 2 atom stereocenters. The van der Waals surface area contributed by atoms with E-state index in [4.69, 9.17) is 0 Å². The van der Waals surface area contributed by atoms with E-state index in [0.29, 0.717) is 18.2 Å². The van der Waals surface area contributed by atoms with Crippen LogP contribution in [-0.4, -0.2) is 36.3 Å². The first-order chi connectivity index (χ1) is 8.13. The Labute approximate surface area is 103 Å². The van der Waals surface area contributed by atoms with Crippen LogP contribution in [0.3, 0.4) is 0 Å². The van der Waals surface area contributed by atoms with Gasteiger partial charge in [0, 0.05) is 19.7 Å². The lowest BCUT2D eigenvalue weighted by molar-refractivity contribution is 0.269. The fourth-order valence-corrected chi connectivity index (χ4v) is 2.40. The second-order valence-corrected chi connectivity index (χ2v) is 5.47. The summed E-state index contributed by atoms with van der Waals surface area (Å²) in [6.07, 6.45) is 3.27. The van der Waals surface area contributed by atoms with Crippen LogP contribution in [0.2, 0.25) is 0 Å². The van der Waals surface area contributed by atoms with Gasteiger partial charge in [-0.25, -0.2) is 9.40 Å². The lowest BCUT2D eigenvalue weighted by Gasteiger charge is -2.23. The van der Waals surface area contributed by atoms with Crippen molar-refractivity contribution < 1.29 is 4.39 Å². The fraction of sp³-hybridized carbons (Fsp3) is 0.846. The van der Waals surface area contributed by atoms with Crippen molar-refractivity contribution in [1.29, 1.82) is 0 Å². The number of aliphatic imine (C=N–C) groups is 1. The number of amidine groups is 1. The number of halogens is 1. The second kappa shape index (κ2) is 5.15. The normalized spacial score (nSPS) is 31.5. The summed E-state index contributed by atoms with van der Waals surface area (Å²) >= 11 is 0. The predicted octanol–water partition coefficient (Wildman–Crippen LogP) is 2.87. The Hall–Kier alpha value is -0.930. The first kappa shape index (κ1) is 12.5. The molecule has 2 fully saturated rings. The summed E-state index contributed by atoms with van der Waals surface area (Å²) in [5.41, 5.74) is 0. The van der Waals surface area contributed by atoms with E-state index in [2.05, 4.69) is 30.7 Å². The van der Waals surface area contributed by atoms with E-state index in [1.807, 2.05) is 0 Å². The van der Waals surface area contributed by atoms with E-state index in [-0.39, 0.29) is 6.04 Å². The summed E-state index contributed by atoms with van der Waals surface area (Å²) < 4.78 is 13.9. The molecule has 0 aromatic heterocycles. The van der Waals surface area contributed by atoms with Crippen LogP contribution in [0.15, 0.2) is 10.1 Å². The molecule has 0 aromatic carbocycles. The highest BCUT2D eigenvalue weighted by molar-refractivity contribution is 5.89. The number of alkyl halides is 1. The summed E-state index contributed by atoms with van der Waals surface area (Å²) in [6, 6.07) is 0.113. The van der Waals surface area contributed by atoms with Crippen LogP contribution in [0.25, 0.3) is 0 Å². The molecule has 0 radical (unpaired) electrons. The predicted molar refractivity (Wildman–Crippen MR) is 69.2 cm³/mol. The molecule has 1 aliphatic heterocycles. The molecule has 0 N–H and O–H groups in total. The summed E-state index contributed by atoms with van der Waals surface area (Å²) in [4.78, 5) is 4.40. The molecule has 4 heteroatoms. The van der Waals surface area contributed by atoms with Gasteiger partial charge in [0.2, 0.25) is 0 Å². The minimum atomic E-state index is -0.966. The molecule has 96 valence electrons. The van der Waals surface area contributed by atoms with Gasteiger partial charge in [0.25, 0.3) is 0 Å². The molecule has 2 aliphatic rings. The Kier molecular flexibility index (Phi) is 3.79. The van der Waals surface area contributed by atoms with Crippen LogP contribution in [0.5, 0.6) is 0 Å². The monoisotopic (exact) mass is 239 g/mol. The third kappa shape index (κ3) is 2.85. The Morgan fingerprint density at radius 3 is 2.71 bits per heavy atom. The summed E-state index contributed by atoms with van der Waals surface area (Å²) in [5, 5.41) is 5.64. The van der Waals surface area contributed by atoms with Crippen LogP contribution in [0.4, 0.5) is 4.39 Å². The molecule has 2 unspecified atom stereocenters. The molecule has 0 spiro atoms. The lowest BCUT2D eigenvalue weighted by Crippen LogP contribution is -2.32. The molecule has 17 heavy (non-hydrogen) atoms. The Balaban J connectivity index is 1.99. The minimum Gasteiger partial charge on any atom is -0.268 e. The van der Waals surface area contributed by atoms with E-state index in [0.717, 1.165) is 18.9 Å². The van der Waals surface area contributed by atoms with E-state index in [9.17, 15) is 4.39 Å². The minimum absolute atomic E-state index is 0.113. The van der Waals surface area contributed by atoms with Gasteiger partial charge in [-0.3, -0.25) is 4.99 Å². The van der Waals surface area contributed by atoms with Crippen LogP contribution in [0, 0.1) is 11.8 Å². The highest BCUT2D eigenvalue weighted by Gasteiger charge is 2.39. The van der Waals surface area contributed by atoms with Crippen molar-refractivity contribution in [1.82, 2.24) is 5.01 Å². The molecule has 2 rings (SSSR count). The number of rotatable bonds is 5. The highest BCUT2D eigenvalue weighted by Crippen LogP contribution is 2.33. The third-order valence-corrected chi connectivity index (χ3v) is 3.71. The van der Waals surface area contributed by atoms with Crippen LogP contribution >= 0.6 is 0 Å². The largest absolute Gasteiger partial charge is 0.268 e. The van der Waals surface area contributed by atoms with Crippen molar-refractivity contribution in [2.75, 3.05) is 6.54 Å². The van der Waals surface area contributed by atoms with E-state index in [1.54, 1.807) is 5.01 Å². The van der Waals surface area contributed by atoms with E-state index >= 15 is 0 Å². The van der Waals surface area contributed by atoms with Crippen molar-refractivity contribution in [3.63, 3.8) is 0 Å². The van der Waals surface area contributed by atoms with Crippen molar-refractivity contribution in [2.45, 2.75) is 51.7 Å². The van der Waals surface area contributed by atoms with Crippen molar-refractivity contribution in [3.8, 4) is 0 Å². The van der Waals surface area contributed by atoms with E-state index in [1.165, 1.54) is 12.8 Å². The smallest absolute Gasteiger partial charge is 0.161 e. The van der Waals surface area contributed by atoms with Crippen molar-refractivity contribution >= 4 is 12.6 Å². The summed E-state index contributed by atoms with van der Waals surface area (Å²) in [6.45, 7) is 8.45. The van der Waals surface area contributed by atoms with Gasteiger partial charge in [-0.15, -0.1) is 0 Å². The van der Waals surface area contributed by atoms with Gasteiger partial charge in [0.1, 0.15) is 0 Å². The van der Waals surface area contributed by atoms with Gasteiger partial charge in [0.05, 0.1) is 6.04 Å². The quantitative estimate of drug-likeness (QED) is 0.678. The second-order valence-electron chi connectivity index (χ2n) is 5.47. The summed E-state index contributed by atoms with van der Waals surface area (Å²) in [7, 11) is 0. The molecular weight excluding hydrogens is 217 g/mol. The van der Waals surface area contributed by atoms with Gasteiger partial charge in [0.15, 0.2) is 12.0 Å².